The molecule has 3 aromatic rings. The molecule has 3 heterocycles. The molecule has 0 radical (unpaired) electrons. The van der Waals surface area contributed by atoms with E-state index in [0.717, 1.165) is 44.3 Å². The molecule has 0 fully saturated rings. The molecule has 4 rings (SSSR count). The van der Waals surface area contributed by atoms with Crippen LogP contribution >= 0.6 is 23.3 Å². The first-order valence-corrected chi connectivity index (χ1v) is 10.2. The number of thioether (sulfide) groups is 1. The second-order valence-electron chi connectivity index (χ2n) is 6.56. The maximum absolute atomic E-state index is 13.1. The van der Waals surface area contributed by atoms with E-state index in [2.05, 4.69) is 10.4 Å². The molecule has 0 atom stereocenters. The van der Waals surface area contributed by atoms with Gasteiger partial charge in [0.05, 0.1) is 16.1 Å². The Morgan fingerprint density at radius 1 is 1.17 bits per heavy atom. The van der Waals surface area contributed by atoms with Gasteiger partial charge < -0.3 is 0 Å². The molecule has 1 aromatic carbocycles. The monoisotopic (exact) mass is 437 g/mol. The molecule has 0 N–H and O–H groups in total. The average Bonchev–Trinajstić information content (AvgIpc) is 3.07. The number of halogens is 3. The Bertz CT molecular complexity index is 1310. The summed E-state index contributed by atoms with van der Waals surface area (Å²) in [6.45, 7) is 2.01. The summed E-state index contributed by atoms with van der Waals surface area (Å²) in [6, 6.07) is 5.32. The minimum Gasteiger partial charge on any atom is -0.292 e. The van der Waals surface area contributed by atoms with Gasteiger partial charge in [-0.05, 0) is 48.5 Å². The molecule has 29 heavy (non-hydrogen) atoms. The predicted octanol–water partition coefficient (Wildman–Crippen LogP) is 4.55. The fourth-order valence-electron chi connectivity index (χ4n) is 3.16. The van der Waals surface area contributed by atoms with Crippen LogP contribution in [0.2, 0.25) is 0 Å². The molecule has 0 spiro atoms. The molecular formula is C19H14F3N3O2S2. The lowest BCUT2D eigenvalue weighted by atomic mass is 10.1. The van der Waals surface area contributed by atoms with E-state index in [4.69, 9.17) is 0 Å². The normalized spacial score (nSPS) is 14.8. The third-order valence-electron chi connectivity index (χ3n) is 4.63. The lowest BCUT2D eigenvalue weighted by molar-refractivity contribution is -0.144. The van der Waals surface area contributed by atoms with Crippen molar-refractivity contribution in [3.8, 4) is 5.69 Å². The van der Waals surface area contributed by atoms with E-state index in [0.29, 0.717) is 10.6 Å². The molecule has 2 aromatic heterocycles. The highest BCUT2D eigenvalue weighted by molar-refractivity contribution is 8.11. The second kappa shape index (κ2) is 7.03. The summed E-state index contributed by atoms with van der Waals surface area (Å²) < 4.78 is 45.8. The van der Waals surface area contributed by atoms with Gasteiger partial charge in [0.1, 0.15) is 5.69 Å². The van der Waals surface area contributed by atoms with E-state index in [1.54, 1.807) is 23.9 Å². The zero-order chi connectivity index (χ0) is 20.9. The fraction of sp³-hybridized carbons (Fsp3) is 0.211. The van der Waals surface area contributed by atoms with E-state index < -0.39 is 23.1 Å². The highest BCUT2D eigenvalue weighted by atomic mass is 32.2. The third kappa shape index (κ3) is 3.36. The van der Waals surface area contributed by atoms with Crippen LogP contribution in [0.4, 0.5) is 13.2 Å². The van der Waals surface area contributed by atoms with Gasteiger partial charge in [-0.15, -0.1) is 0 Å². The first-order valence-electron chi connectivity index (χ1n) is 8.50. The van der Waals surface area contributed by atoms with Crippen molar-refractivity contribution < 1.29 is 13.2 Å². The van der Waals surface area contributed by atoms with Crippen molar-refractivity contribution in [3.05, 3.63) is 73.5 Å². The lowest BCUT2D eigenvalue weighted by Crippen LogP contribution is -2.40. The lowest BCUT2D eigenvalue weighted by Gasteiger charge is -2.14. The number of alkyl halides is 3. The molecule has 150 valence electrons. The molecular weight excluding hydrogens is 423 g/mol. The highest BCUT2D eigenvalue weighted by Gasteiger charge is 2.35. The van der Waals surface area contributed by atoms with Crippen molar-refractivity contribution >= 4 is 38.3 Å². The standard InChI is InChI=1S/C19H14F3N3O2S2/c1-10-4-3-7-28-17(10)16-12-8-11(5-6-13(12)29-23-16)25-15(26)9-14(19(20,21)22)24(2)18(25)27/h3,5-9H,4H2,1-2H3. The topological polar surface area (TPSA) is 56.9 Å². The quantitative estimate of drug-likeness (QED) is 0.591. The molecule has 1 aliphatic heterocycles. The molecule has 0 saturated carbocycles. The molecule has 1 aliphatic rings. The van der Waals surface area contributed by atoms with Crippen molar-refractivity contribution in [2.24, 2.45) is 7.05 Å². The minimum absolute atomic E-state index is 0.202. The molecule has 0 bridgehead atoms. The predicted molar refractivity (Wildman–Crippen MR) is 109 cm³/mol. The maximum Gasteiger partial charge on any atom is 0.431 e. The van der Waals surface area contributed by atoms with Crippen LogP contribution in [0.5, 0.6) is 0 Å². The smallest absolute Gasteiger partial charge is 0.292 e. The van der Waals surface area contributed by atoms with Crippen molar-refractivity contribution in [2.45, 2.75) is 19.5 Å². The number of hydrogen-bond acceptors (Lipinski definition) is 5. The summed E-state index contributed by atoms with van der Waals surface area (Å²) in [6.07, 6.45) is -1.94. The van der Waals surface area contributed by atoms with Gasteiger partial charge in [-0.2, -0.15) is 17.5 Å². The van der Waals surface area contributed by atoms with Gasteiger partial charge in [-0.3, -0.25) is 9.36 Å². The minimum atomic E-state index is -4.80. The number of hydrogen-bond donors (Lipinski definition) is 0. The first-order chi connectivity index (χ1) is 13.7. The van der Waals surface area contributed by atoms with E-state index >= 15 is 0 Å². The van der Waals surface area contributed by atoms with Gasteiger partial charge in [0.25, 0.3) is 5.56 Å². The van der Waals surface area contributed by atoms with E-state index in [1.165, 1.54) is 17.6 Å². The number of aromatic nitrogens is 3. The Kier molecular flexibility index (Phi) is 4.78. The molecule has 0 amide bonds. The summed E-state index contributed by atoms with van der Waals surface area (Å²) in [4.78, 5) is 26.0. The molecule has 0 aliphatic carbocycles. The zero-order valence-electron chi connectivity index (χ0n) is 15.3. The molecule has 5 nitrogen and oxygen atoms in total. The van der Waals surface area contributed by atoms with E-state index in [9.17, 15) is 22.8 Å². The van der Waals surface area contributed by atoms with Gasteiger partial charge in [0.15, 0.2) is 0 Å². The Labute approximate surface area is 171 Å². The maximum atomic E-state index is 13.1. The van der Waals surface area contributed by atoms with Crippen LogP contribution < -0.4 is 11.2 Å². The Morgan fingerprint density at radius 3 is 2.62 bits per heavy atom. The fourth-order valence-corrected chi connectivity index (χ4v) is 4.86. The number of fused-ring (bicyclic) bond motifs is 1. The number of benzene rings is 1. The van der Waals surface area contributed by atoms with Crippen LogP contribution in [-0.2, 0) is 13.2 Å². The highest BCUT2D eigenvalue weighted by Crippen LogP contribution is 2.40. The van der Waals surface area contributed by atoms with Gasteiger partial charge in [-0.25, -0.2) is 9.36 Å². The van der Waals surface area contributed by atoms with Crippen molar-refractivity contribution in [3.63, 3.8) is 0 Å². The van der Waals surface area contributed by atoms with Gasteiger partial charge >= 0.3 is 11.9 Å². The summed E-state index contributed by atoms with van der Waals surface area (Å²) in [5.74, 6) is 0. The Morgan fingerprint density at radius 2 is 1.93 bits per heavy atom. The molecule has 0 saturated heterocycles. The Hall–Kier alpha value is -2.59. The molecule has 0 unspecified atom stereocenters. The summed E-state index contributed by atoms with van der Waals surface area (Å²) in [5.41, 5.74) is -1.27. The van der Waals surface area contributed by atoms with Crippen LogP contribution in [0.25, 0.3) is 20.7 Å². The summed E-state index contributed by atoms with van der Waals surface area (Å²) >= 11 is 2.83. The van der Waals surface area contributed by atoms with E-state index in [-0.39, 0.29) is 5.69 Å². The van der Waals surface area contributed by atoms with Crippen molar-refractivity contribution in [1.82, 2.24) is 13.5 Å². The number of nitrogens with zero attached hydrogens (tertiary/aromatic N) is 3. The average molecular weight is 437 g/mol. The van der Waals surface area contributed by atoms with Crippen LogP contribution in [0.3, 0.4) is 0 Å². The van der Waals surface area contributed by atoms with Crippen molar-refractivity contribution in [2.75, 3.05) is 0 Å². The number of allylic oxidation sites excluding steroid dienone is 2. The van der Waals surface area contributed by atoms with Crippen LogP contribution in [0.1, 0.15) is 24.7 Å². The van der Waals surface area contributed by atoms with Gasteiger partial charge in [0, 0.05) is 23.4 Å². The first kappa shape index (κ1) is 19.7. The van der Waals surface area contributed by atoms with Gasteiger partial charge in [0.2, 0.25) is 0 Å². The van der Waals surface area contributed by atoms with Crippen molar-refractivity contribution in [1.29, 1.82) is 0 Å². The summed E-state index contributed by atoms with van der Waals surface area (Å²) in [5, 5.41) is 2.73. The SMILES string of the molecule is CC1=C(c2nsc3ccc(-n4c(=O)cc(C(F)(F)F)n(C)c4=O)cc23)SC=CC1. The second-order valence-corrected chi connectivity index (χ2v) is 8.28. The summed E-state index contributed by atoms with van der Waals surface area (Å²) in [7, 11) is 0.996. The third-order valence-corrected chi connectivity index (χ3v) is 6.56. The molecule has 10 heteroatoms. The number of rotatable bonds is 2. The largest absolute Gasteiger partial charge is 0.431 e. The van der Waals surface area contributed by atoms with Gasteiger partial charge in [-0.1, -0.05) is 23.4 Å². The van der Waals surface area contributed by atoms with Crippen LogP contribution in [0.15, 0.2) is 50.9 Å². The Balaban J connectivity index is 1.93. The van der Waals surface area contributed by atoms with E-state index in [1.807, 2.05) is 12.3 Å². The van der Waals surface area contributed by atoms with Crippen LogP contribution in [0, 0.1) is 0 Å². The van der Waals surface area contributed by atoms with Crippen LogP contribution in [-0.4, -0.2) is 13.5 Å². The zero-order valence-corrected chi connectivity index (χ0v) is 16.9.